The van der Waals surface area contributed by atoms with Crippen molar-refractivity contribution in [3.05, 3.63) is 82.4 Å². The highest BCUT2D eigenvalue weighted by atomic mass is 19.4. The first kappa shape index (κ1) is 25.2. The molecule has 0 fully saturated rings. The molecule has 1 aliphatic rings. The van der Waals surface area contributed by atoms with Crippen LogP contribution < -0.4 is 10.6 Å². The molecule has 36 heavy (non-hydrogen) atoms. The van der Waals surface area contributed by atoms with Gasteiger partial charge in [0.05, 0.1) is 5.71 Å². The molecular formula is C27H26F3N3O3. The van der Waals surface area contributed by atoms with E-state index in [4.69, 9.17) is 4.84 Å². The number of halogens is 3. The van der Waals surface area contributed by atoms with Gasteiger partial charge in [-0.25, -0.2) is 0 Å². The fourth-order valence-corrected chi connectivity index (χ4v) is 4.56. The van der Waals surface area contributed by atoms with E-state index in [1.165, 1.54) is 25.2 Å². The highest BCUT2D eigenvalue weighted by Crippen LogP contribution is 2.49. The van der Waals surface area contributed by atoms with Crippen LogP contribution in [-0.2, 0) is 15.2 Å². The van der Waals surface area contributed by atoms with Crippen molar-refractivity contribution in [1.82, 2.24) is 10.6 Å². The molecule has 3 aromatic carbocycles. The van der Waals surface area contributed by atoms with E-state index in [0.29, 0.717) is 33.0 Å². The third-order valence-electron chi connectivity index (χ3n) is 6.34. The molecule has 1 aliphatic heterocycles. The Bertz CT molecular complexity index is 1360. The number of nitrogens with one attached hydrogen (secondary N) is 2. The Labute approximate surface area is 206 Å². The lowest BCUT2D eigenvalue weighted by Gasteiger charge is -2.30. The van der Waals surface area contributed by atoms with Crippen LogP contribution in [0.4, 0.5) is 13.2 Å². The van der Waals surface area contributed by atoms with E-state index in [1.807, 2.05) is 0 Å². The summed E-state index contributed by atoms with van der Waals surface area (Å²) in [6.45, 7) is 5.03. The van der Waals surface area contributed by atoms with Crippen LogP contribution in [0.15, 0.2) is 59.8 Å². The fourth-order valence-electron chi connectivity index (χ4n) is 4.56. The van der Waals surface area contributed by atoms with Crippen LogP contribution in [0, 0.1) is 13.8 Å². The van der Waals surface area contributed by atoms with Gasteiger partial charge in [0.2, 0.25) is 5.91 Å². The number of rotatable bonds is 5. The van der Waals surface area contributed by atoms with E-state index in [9.17, 15) is 22.8 Å². The number of amides is 2. The number of benzene rings is 3. The van der Waals surface area contributed by atoms with Gasteiger partial charge in [0.15, 0.2) is 0 Å². The third-order valence-corrected chi connectivity index (χ3v) is 6.34. The van der Waals surface area contributed by atoms with Gasteiger partial charge in [0.25, 0.3) is 11.5 Å². The summed E-state index contributed by atoms with van der Waals surface area (Å²) in [5.74, 6) is -0.824. The van der Waals surface area contributed by atoms with Crippen molar-refractivity contribution in [2.45, 2.75) is 45.0 Å². The molecule has 188 valence electrons. The van der Waals surface area contributed by atoms with Gasteiger partial charge >= 0.3 is 6.18 Å². The van der Waals surface area contributed by atoms with Crippen molar-refractivity contribution >= 4 is 28.3 Å². The Balaban J connectivity index is 1.74. The predicted molar refractivity (Wildman–Crippen MR) is 131 cm³/mol. The fraction of sp³-hybridized carbons (Fsp3) is 0.296. The largest absolute Gasteiger partial charge is 0.435 e. The minimum atomic E-state index is -4.72. The first-order valence-electron chi connectivity index (χ1n) is 11.4. The Morgan fingerprint density at radius 3 is 2.28 bits per heavy atom. The number of likely N-dealkylation sites (N-methyl/N-ethyl adjacent to an activating group) is 1. The van der Waals surface area contributed by atoms with Gasteiger partial charge in [-0.2, -0.15) is 13.2 Å². The molecule has 0 radical (unpaired) electrons. The molecular weight excluding hydrogens is 471 g/mol. The zero-order valence-corrected chi connectivity index (χ0v) is 20.3. The van der Waals surface area contributed by atoms with E-state index in [-0.39, 0.29) is 17.2 Å². The van der Waals surface area contributed by atoms with Gasteiger partial charge in [0, 0.05) is 30.2 Å². The number of oxime groups is 1. The lowest BCUT2D eigenvalue weighted by atomic mass is 9.84. The van der Waals surface area contributed by atoms with Crippen LogP contribution in [-0.4, -0.2) is 36.8 Å². The third kappa shape index (κ3) is 4.41. The molecule has 2 amide bonds. The molecule has 2 unspecified atom stereocenters. The predicted octanol–water partition coefficient (Wildman–Crippen LogP) is 4.90. The lowest BCUT2D eigenvalue weighted by Crippen LogP contribution is -2.43. The maximum absolute atomic E-state index is 14.5. The maximum Gasteiger partial charge on any atom is 0.435 e. The van der Waals surface area contributed by atoms with Crippen molar-refractivity contribution in [2.24, 2.45) is 5.16 Å². The molecule has 0 saturated carbocycles. The van der Waals surface area contributed by atoms with Gasteiger partial charge in [-0.05, 0) is 37.6 Å². The summed E-state index contributed by atoms with van der Waals surface area (Å²) in [7, 11) is 1.47. The van der Waals surface area contributed by atoms with E-state index >= 15 is 0 Å². The Morgan fingerprint density at radius 2 is 1.67 bits per heavy atom. The molecule has 0 spiro atoms. The van der Waals surface area contributed by atoms with Crippen molar-refractivity contribution < 1.29 is 27.6 Å². The van der Waals surface area contributed by atoms with Crippen LogP contribution in [0.5, 0.6) is 0 Å². The van der Waals surface area contributed by atoms with Crippen LogP contribution in [0.2, 0.25) is 0 Å². The van der Waals surface area contributed by atoms with E-state index in [2.05, 4.69) is 15.8 Å². The number of hydrogen-bond donors (Lipinski definition) is 2. The van der Waals surface area contributed by atoms with Crippen molar-refractivity contribution in [3.63, 3.8) is 0 Å². The normalized spacial score (nSPS) is 18.4. The summed E-state index contributed by atoms with van der Waals surface area (Å²) in [6, 6.07) is 14.0. The molecule has 6 nitrogen and oxygen atoms in total. The standard InChI is InChI=1S/C27H26F3N3O3/c1-15-11-16(2)13-18(12-15)26(27(28,29)30)14-23(33-36-26)21-9-10-22(20-8-6-5-7-19(20)21)25(35)32-17(3)24(34)31-4/h5-13,17H,14H2,1-4H3,(H,31,34)(H,32,35). The molecule has 3 aromatic rings. The smallest absolute Gasteiger partial charge is 0.374 e. The summed E-state index contributed by atoms with van der Waals surface area (Å²) in [5, 5.41) is 10.1. The monoisotopic (exact) mass is 497 g/mol. The van der Waals surface area contributed by atoms with Gasteiger partial charge in [0.1, 0.15) is 6.04 Å². The molecule has 4 rings (SSSR count). The average Bonchev–Trinajstić information content (AvgIpc) is 3.29. The van der Waals surface area contributed by atoms with Crippen LogP contribution in [0.3, 0.4) is 0 Å². The molecule has 2 N–H and O–H groups in total. The number of carbonyl (C=O) groups excluding carboxylic acids is 2. The number of hydrogen-bond acceptors (Lipinski definition) is 4. The van der Waals surface area contributed by atoms with Crippen molar-refractivity contribution in [1.29, 1.82) is 0 Å². The van der Waals surface area contributed by atoms with Gasteiger partial charge in [-0.1, -0.05) is 64.8 Å². The molecule has 1 heterocycles. The van der Waals surface area contributed by atoms with Crippen LogP contribution in [0.1, 0.15) is 46.0 Å². The summed E-state index contributed by atoms with van der Waals surface area (Å²) < 4.78 is 43.4. The minimum absolute atomic E-state index is 0.00487. The van der Waals surface area contributed by atoms with Crippen molar-refractivity contribution in [2.75, 3.05) is 7.05 Å². The van der Waals surface area contributed by atoms with Crippen molar-refractivity contribution in [3.8, 4) is 0 Å². The number of aryl methyl sites for hydroxylation is 2. The van der Waals surface area contributed by atoms with E-state index in [0.717, 1.165) is 0 Å². The average molecular weight is 498 g/mol. The van der Waals surface area contributed by atoms with Gasteiger partial charge in [-0.15, -0.1) is 0 Å². The summed E-state index contributed by atoms with van der Waals surface area (Å²) in [5.41, 5.74) is -0.366. The Morgan fingerprint density at radius 1 is 1.03 bits per heavy atom. The molecule has 0 saturated heterocycles. The summed E-state index contributed by atoms with van der Waals surface area (Å²) in [4.78, 5) is 30.0. The van der Waals surface area contributed by atoms with E-state index in [1.54, 1.807) is 57.2 Å². The topological polar surface area (TPSA) is 79.8 Å². The minimum Gasteiger partial charge on any atom is -0.374 e. The molecule has 9 heteroatoms. The second-order valence-electron chi connectivity index (χ2n) is 9.02. The summed E-state index contributed by atoms with van der Waals surface area (Å²) in [6.07, 6.45) is -5.23. The highest BCUT2D eigenvalue weighted by molar-refractivity contribution is 6.16. The van der Waals surface area contributed by atoms with E-state index < -0.39 is 30.1 Å². The van der Waals surface area contributed by atoms with Crippen LogP contribution >= 0.6 is 0 Å². The summed E-state index contributed by atoms with van der Waals surface area (Å²) >= 11 is 0. The number of alkyl halides is 3. The number of carbonyl (C=O) groups is 2. The second-order valence-corrected chi connectivity index (χ2v) is 9.02. The lowest BCUT2D eigenvalue weighted by molar-refractivity contribution is -0.275. The number of nitrogens with zero attached hydrogens (tertiary/aromatic N) is 1. The quantitative estimate of drug-likeness (QED) is 0.526. The second kappa shape index (κ2) is 9.29. The SMILES string of the molecule is CNC(=O)C(C)NC(=O)c1ccc(C2=NOC(c3cc(C)cc(C)c3)(C(F)(F)F)C2)c2ccccc12. The number of fused-ring (bicyclic) bond motifs is 1. The Kier molecular flexibility index (Phi) is 6.51. The molecule has 0 aliphatic carbocycles. The maximum atomic E-state index is 14.5. The molecule has 0 bridgehead atoms. The zero-order chi connectivity index (χ0) is 26.3. The highest BCUT2D eigenvalue weighted by Gasteiger charge is 2.62. The van der Waals surface area contributed by atoms with Gasteiger partial charge < -0.3 is 15.5 Å². The first-order chi connectivity index (χ1) is 17.0. The molecule has 2 atom stereocenters. The first-order valence-corrected chi connectivity index (χ1v) is 11.4. The van der Waals surface area contributed by atoms with Crippen LogP contribution in [0.25, 0.3) is 10.8 Å². The zero-order valence-electron chi connectivity index (χ0n) is 20.3. The Hall–Kier alpha value is -3.88. The van der Waals surface area contributed by atoms with Gasteiger partial charge in [-0.3, -0.25) is 9.59 Å². The molecule has 0 aromatic heterocycles.